The molecular formula is C18H14FN5O. The lowest BCUT2D eigenvalue weighted by Gasteiger charge is -2.02. The van der Waals surface area contributed by atoms with Gasteiger partial charge in [-0.25, -0.2) is 14.4 Å². The molecule has 0 unspecified atom stereocenters. The Balaban J connectivity index is 1.52. The number of hydrogen-bond acceptors (Lipinski definition) is 5. The van der Waals surface area contributed by atoms with Crippen LogP contribution in [0.5, 0.6) is 5.88 Å². The maximum absolute atomic E-state index is 12.9. The quantitative estimate of drug-likeness (QED) is 0.681. The average molecular weight is 335 g/mol. The first kappa shape index (κ1) is 15.1. The van der Waals surface area contributed by atoms with E-state index in [-0.39, 0.29) is 11.7 Å². The first-order chi connectivity index (χ1) is 12.2. The van der Waals surface area contributed by atoms with Crippen LogP contribution >= 0.6 is 0 Å². The van der Waals surface area contributed by atoms with Gasteiger partial charge in [-0.2, -0.15) is 4.98 Å². The first-order valence-electron chi connectivity index (χ1n) is 7.67. The largest absolute Gasteiger partial charge is 0.492 e. The van der Waals surface area contributed by atoms with Crippen LogP contribution in [0.1, 0.15) is 16.8 Å². The van der Waals surface area contributed by atoms with Crippen molar-refractivity contribution in [2.24, 2.45) is 4.99 Å². The Morgan fingerprint density at radius 1 is 1.20 bits per heavy atom. The fourth-order valence-corrected chi connectivity index (χ4v) is 2.55. The van der Waals surface area contributed by atoms with Crippen LogP contribution in [0.4, 0.5) is 16.2 Å². The number of allylic oxidation sites excluding steroid dienone is 1. The first-order valence-corrected chi connectivity index (χ1v) is 7.67. The van der Waals surface area contributed by atoms with Gasteiger partial charge in [-0.3, -0.25) is 0 Å². The fraction of sp³-hybridized carbons (Fsp3) is 0.0556. The van der Waals surface area contributed by atoms with Gasteiger partial charge in [-0.1, -0.05) is 12.1 Å². The molecule has 3 N–H and O–H groups in total. The van der Waals surface area contributed by atoms with Crippen molar-refractivity contribution < 1.29 is 9.50 Å². The van der Waals surface area contributed by atoms with Crippen LogP contribution in [0.25, 0.3) is 11.6 Å². The lowest BCUT2D eigenvalue weighted by Crippen LogP contribution is -2.00. The number of nitrogens with one attached hydrogen (secondary N) is 2. The van der Waals surface area contributed by atoms with E-state index in [9.17, 15) is 9.50 Å². The Morgan fingerprint density at radius 2 is 2.04 bits per heavy atom. The summed E-state index contributed by atoms with van der Waals surface area (Å²) >= 11 is 0. The average Bonchev–Trinajstić information content (AvgIpc) is 3.19. The van der Waals surface area contributed by atoms with Crippen molar-refractivity contribution in [1.29, 1.82) is 0 Å². The molecule has 0 aliphatic carbocycles. The number of aromatic hydroxyl groups is 1. The number of benzene rings is 1. The lowest BCUT2D eigenvalue weighted by atomic mass is 10.1. The highest BCUT2D eigenvalue weighted by Crippen LogP contribution is 2.31. The number of hydrogen-bond donors (Lipinski definition) is 3. The summed E-state index contributed by atoms with van der Waals surface area (Å²) in [6.07, 6.45) is 5.15. The number of aromatic nitrogens is 3. The van der Waals surface area contributed by atoms with Gasteiger partial charge in [0.25, 0.3) is 0 Å². The number of rotatable bonds is 4. The molecule has 0 spiro atoms. The van der Waals surface area contributed by atoms with Crippen molar-refractivity contribution in [3.8, 4) is 5.88 Å². The van der Waals surface area contributed by atoms with E-state index in [0.29, 0.717) is 24.0 Å². The number of anilines is 1. The van der Waals surface area contributed by atoms with Crippen molar-refractivity contribution in [3.05, 3.63) is 65.2 Å². The van der Waals surface area contributed by atoms with Gasteiger partial charge in [0.05, 0.1) is 0 Å². The van der Waals surface area contributed by atoms with Crippen LogP contribution in [0.15, 0.2) is 47.6 Å². The number of imidazole rings is 1. The molecule has 0 atom stereocenters. The second-order valence-electron chi connectivity index (χ2n) is 5.54. The van der Waals surface area contributed by atoms with Crippen LogP contribution in [0.3, 0.4) is 0 Å². The van der Waals surface area contributed by atoms with E-state index in [1.165, 1.54) is 12.1 Å². The van der Waals surface area contributed by atoms with E-state index in [2.05, 4.69) is 25.3 Å². The van der Waals surface area contributed by atoms with Gasteiger partial charge in [0.2, 0.25) is 11.8 Å². The zero-order valence-corrected chi connectivity index (χ0v) is 13.1. The Bertz CT molecular complexity index is 975. The SMILES string of the molecule is Oc1nc(NCc2ccc(F)cc2)[nH]c1C=C1C=Nc2ncccc21. The highest BCUT2D eigenvalue weighted by molar-refractivity contribution is 6.20. The summed E-state index contributed by atoms with van der Waals surface area (Å²) in [6.45, 7) is 0.456. The van der Waals surface area contributed by atoms with Crippen LogP contribution in [0, 0.1) is 5.82 Å². The summed E-state index contributed by atoms with van der Waals surface area (Å²) in [4.78, 5) is 15.5. The van der Waals surface area contributed by atoms with Crippen molar-refractivity contribution in [1.82, 2.24) is 15.0 Å². The molecule has 2 aromatic heterocycles. The molecule has 0 amide bonds. The molecule has 0 saturated carbocycles. The highest BCUT2D eigenvalue weighted by atomic mass is 19.1. The van der Waals surface area contributed by atoms with E-state index < -0.39 is 0 Å². The summed E-state index contributed by atoms with van der Waals surface area (Å²) in [7, 11) is 0. The van der Waals surface area contributed by atoms with Gasteiger partial charge in [-0.05, 0) is 35.9 Å². The topological polar surface area (TPSA) is 86.2 Å². The normalized spacial score (nSPS) is 14.0. The zero-order valence-electron chi connectivity index (χ0n) is 13.1. The summed E-state index contributed by atoms with van der Waals surface area (Å²) in [6, 6.07) is 9.93. The van der Waals surface area contributed by atoms with E-state index in [4.69, 9.17) is 0 Å². The fourth-order valence-electron chi connectivity index (χ4n) is 2.55. The third kappa shape index (κ3) is 3.12. The van der Waals surface area contributed by atoms with Crippen LogP contribution < -0.4 is 5.32 Å². The Hall–Kier alpha value is -3.48. The molecule has 1 aromatic carbocycles. The van der Waals surface area contributed by atoms with Gasteiger partial charge >= 0.3 is 0 Å². The zero-order chi connectivity index (χ0) is 17.2. The van der Waals surface area contributed by atoms with Crippen LogP contribution in [-0.4, -0.2) is 26.3 Å². The van der Waals surface area contributed by atoms with Crippen molar-refractivity contribution >= 4 is 29.6 Å². The second-order valence-corrected chi connectivity index (χ2v) is 5.54. The van der Waals surface area contributed by atoms with E-state index in [0.717, 1.165) is 16.7 Å². The molecule has 3 aromatic rings. The molecule has 0 bridgehead atoms. The number of H-pyrrole nitrogens is 1. The predicted octanol–water partition coefficient (Wildman–Crippen LogP) is 3.52. The molecule has 1 aliphatic heterocycles. The van der Waals surface area contributed by atoms with Gasteiger partial charge in [-0.15, -0.1) is 0 Å². The number of halogens is 1. The molecule has 0 radical (unpaired) electrons. The van der Waals surface area contributed by atoms with Crippen molar-refractivity contribution in [2.45, 2.75) is 6.54 Å². The Labute approximate surface area is 142 Å². The Morgan fingerprint density at radius 3 is 2.88 bits per heavy atom. The molecule has 124 valence electrons. The summed E-state index contributed by atoms with van der Waals surface area (Å²) in [5.41, 5.74) is 3.12. The highest BCUT2D eigenvalue weighted by Gasteiger charge is 2.14. The minimum atomic E-state index is -0.277. The number of aliphatic imine (C=N–C) groups is 1. The molecule has 0 fully saturated rings. The molecule has 25 heavy (non-hydrogen) atoms. The maximum atomic E-state index is 12.9. The van der Waals surface area contributed by atoms with Crippen molar-refractivity contribution in [3.63, 3.8) is 0 Å². The number of nitrogens with zero attached hydrogens (tertiary/aromatic N) is 3. The van der Waals surface area contributed by atoms with Crippen molar-refractivity contribution in [2.75, 3.05) is 5.32 Å². The molecule has 7 heteroatoms. The minimum Gasteiger partial charge on any atom is -0.492 e. The molecular weight excluding hydrogens is 321 g/mol. The third-order valence-corrected chi connectivity index (χ3v) is 3.81. The third-order valence-electron chi connectivity index (χ3n) is 3.81. The lowest BCUT2D eigenvalue weighted by molar-refractivity contribution is 0.455. The summed E-state index contributed by atoms with van der Waals surface area (Å²) in [5.74, 6) is 0.693. The van der Waals surface area contributed by atoms with Gasteiger partial charge in [0, 0.05) is 30.1 Å². The van der Waals surface area contributed by atoms with Crippen LogP contribution in [0.2, 0.25) is 0 Å². The minimum absolute atomic E-state index is 0.111. The monoisotopic (exact) mass is 335 g/mol. The number of pyridine rings is 1. The van der Waals surface area contributed by atoms with Crippen LogP contribution in [-0.2, 0) is 6.54 Å². The predicted molar refractivity (Wildman–Crippen MR) is 94.2 cm³/mol. The number of aromatic amines is 1. The summed E-state index contributed by atoms with van der Waals surface area (Å²) in [5, 5.41) is 13.1. The van der Waals surface area contributed by atoms with Gasteiger partial charge < -0.3 is 15.4 Å². The molecule has 4 rings (SSSR count). The van der Waals surface area contributed by atoms with E-state index in [1.807, 2.05) is 12.1 Å². The smallest absolute Gasteiger partial charge is 0.238 e. The standard InChI is InChI=1S/C18H14FN5O/c19-13-5-3-11(4-6-13)9-22-18-23-15(17(25)24-18)8-12-10-21-16-14(12)2-1-7-20-16/h1-8,10,25H,9H2,(H2,22,23,24). The maximum Gasteiger partial charge on any atom is 0.238 e. The van der Waals surface area contributed by atoms with Gasteiger partial charge in [0.15, 0.2) is 5.82 Å². The Kier molecular flexibility index (Phi) is 3.74. The molecule has 1 aliphatic rings. The van der Waals surface area contributed by atoms with E-state index >= 15 is 0 Å². The van der Waals surface area contributed by atoms with Gasteiger partial charge in [0.1, 0.15) is 11.5 Å². The molecule has 3 heterocycles. The molecule has 0 saturated heterocycles. The second kappa shape index (κ2) is 6.20. The van der Waals surface area contributed by atoms with E-state index in [1.54, 1.807) is 30.6 Å². The summed E-state index contributed by atoms with van der Waals surface area (Å²) < 4.78 is 12.9. The number of fused-ring (bicyclic) bond motifs is 1. The molecule has 6 nitrogen and oxygen atoms in total.